The number of nitrogens with one attached hydrogen (secondary N) is 2. The van der Waals surface area contributed by atoms with Crippen molar-refractivity contribution in [3.8, 4) is 0 Å². The highest BCUT2D eigenvalue weighted by Crippen LogP contribution is 2.12. The molecule has 0 spiro atoms. The third-order valence-corrected chi connectivity index (χ3v) is 4.39. The normalized spacial score (nSPS) is 18.1. The van der Waals surface area contributed by atoms with Crippen LogP contribution in [0.1, 0.15) is 32.3 Å². The molecule has 5 nitrogen and oxygen atoms in total. The quantitative estimate of drug-likeness (QED) is 0.609. The Morgan fingerprint density at radius 2 is 2.09 bits per heavy atom. The molecule has 1 unspecified atom stereocenters. The third kappa shape index (κ3) is 5.53. The summed E-state index contributed by atoms with van der Waals surface area (Å²) < 4.78 is 1.07. The van der Waals surface area contributed by atoms with E-state index in [2.05, 4.69) is 50.6 Å². The summed E-state index contributed by atoms with van der Waals surface area (Å²) in [4.78, 5) is 18.3. The molecule has 0 saturated carbocycles. The molecule has 1 aliphatic rings. The van der Waals surface area contributed by atoms with Crippen LogP contribution in [-0.4, -0.2) is 42.4 Å². The van der Waals surface area contributed by atoms with Gasteiger partial charge in [0.05, 0.1) is 6.54 Å². The van der Waals surface area contributed by atoms with Crippen molar-refractivity contribution in [1.29, 1.82) is 0 Å². The van der Waals surface area contributed by atoms with Gasteiger partial charge in [-0.2, -0.15) is 0 Å². The fourth-order valence-electron chi connectivity index (χ4n) is 2.60. The maximum Gasteiger partial charge on any atom is 0.222 e. The minimum absolute atomic E-state index is 0.228. The van der Waals surface area contributed by atoms with E-state index in [1.54, 1.807) is 0 Å². The first kappa shape index (κ1) is 17.8. The van der Waals surface area contributed by atoms with Crippen molar-refractivity contribution in [3.63, 3.8) is 0 Å². The number of hydrogen-bond donors (Lipinski definition) is 2. The first-order valence-electron chi connectivity index (χ1n) is 8.19. The minimum atomic E-state index is 0.228. The molecule has 126 valence electrons. The second kappa shape index (κ2) is 8.91. The molecule has 1 fully saturated rings. The largest absolute Gasteiger partial charge is 0.357 e. The SMILES string of the molecule is CCNC(=NCc1ccc(Br)cc1)NC1CCN(C(=O)CC)C1. The topological polar surface area (TPSA) is 56.7 Å². The highest BCUT2D eigenvalue weighted by atomic mass is 79.9. The van der Waals surface area contributed by atoms with Crippen LogP contribution in [0, 0.1) is 0 Å². The van der Waals surface area contributed by atoms with Gasteiger partial charge in [0, 0.05) is 36.6 Å². The fourth-order valence-corrected chi connectivity index (χ4v) is 2.87. The van der Waals surface area contributed by atoms with Gasteiger partial charge in [0.25, 0.3) is 0 Å². The fraction of sp³-hybridized carbons (Fsp3) is 0.529. The molecule has 23 heavy (non-hydrogen) atoms. The second-order valence-electron chi connectivity index (χ2n) is 5.64. The maximum atomic E-state index is 11.8. The van der Waals surface area contributed by atoms with Gasteiger partial charge in [-0.15, -0.1) is 0 Å². The van der Waals surface area contributed by atoms with Crippen LogP contribution in [-0.2, 0) is 11.3 Å². The number of guanidine groups is 1. The summed E-state index contributed by atoms with van der Waals surface area (Å²) in [5, 5.41) is 6.72. The van der Waals surface area contributed by atoms with Crippen LogP contribution in [0.3, 0.4) is 0 Å². The van der Waals surface area contributed by atoms with Crippen molar-refractivity contribution in [1.82, 2.24) is 15.5 Å². The molecule has 0 bridgehead atoms. The molecule has 0 radical (unpaired) electrons. The summed E-state index contributed by atoms with van der Waals surface area (Å²) in [7, 11) is 0. The summed E-state index contributed by atoms with van der Waals surface area (Å²) in [5.41, 5.74) is 1.17. The molecule has 1 amide bonds. The van der Waals surface area contributed by atoms with E-state index in [-0.39, 0.29) is 11.9 Å². The maximum absolute atomic E-state index is 11.8. The van der Waals surface area contributed by atoms with Crippen molar-refractivity contribution in [2.24, 2.45) is 4.99 Å². The first-order chi connectivity index (χ1) is 11.1. The van der Waals surface area contributed by atoms with Gasteiger partial charge < -0.3 is 15.5 Å². The molecule has 1 atom stereocenters. The average Bonchev–Trinajstić information content (AvgIpc) is 3.02. The third-order valence-electron chi connectivity index (χ3n) is 3.86. The lowest BCUT2D eigenvalue weighted by atomic mass is 10.2. The Balaban J connectivity index is 1.92. The molecule has 1 aliphatic heterocycles. The van der Waals surface area contributed by atoms with Crippen molar-refractivity contribution < 1.29 is 4.79 Å². The van der Waals surface area contributed by atoms with Gasteiger partial charge in [0.2, 0.25) is 5.91 Å². The molecular weight excluding hydrogens is 356 g/mol. The van der Waals surface area contributed by atoms with E-state index in [1.807, 2.05) is 24.0 Å². The summed E-state index contributed by atoms with van der Waals surface area (Å²) in [6.45, 7) is 7.00. The molecule has 1 aromatic rings. The Labute approximate surface area is 146 Å². The van der Waals surface area contributed by atoms with E-state index in [9.17, 15) is 4.79 Å². The summed E-state index contributed by atoms with van der Waals surface area (Å²) >= 11 is 3.44. The van der Waals surface area contributed by atoms with Crippen molar-refractivity contribution in [3.05, 3.63) is 34.3 Å². The lowest BCUT2D eigenvalue weighted by molar-refractivity contribution is -0.129. The van der Waals surface area contributed by atoms with Gasteiger partial charge in [-0.05, 0) is 31.0 Å². The van der Waals surface area contributed by atoms with E-state index in [0.717, 1.165) is 36.5 Å². The lowest BCUT2D eigenvalue weighted by Gasteiger charge is -2.18. The predicted octanol–water partition coefficient (Wildman–Crippen LogP) is 2.52. The van der Waals surface area contributed by atoms with Crippen molar-refractivity contribution in [2.45, 2.75) is 39.3 Å². The van der Waals surface area contributed by atoms with E-state index in [0.29, 0.717) is 13.0 Å². The zero-order chi connectivity index (χ0) is 16.7. The van der Waals surface area contributed by atoms with Crippen LogP contribution in [0.25, 0.3) is 0 Å². The number of benzene rings is 1. The van der Waals surface area contributed by atoms with Gasteiger partial charge in [-0.3, -0.25) is 4.79 Å². The molecule has 2 rings (SSSR count). The number of aliphatic imine (C=N–C) groups is 1. The van der Waals surface area contributed by atoms with Gasteiger partial charge in [-0.1, -0.05) is 35.0 Å². The highest BCUT2D eigenvalue weighted by Gasteiger charge is 2.25. The minimum Gasteiger partial charge on any atom is -0.357 e. The number of carbonyl (C=O) groups is 1. The number of carbonyl (C=O) groups excluding carboxylic acids is 1. The molecule has 2 N–H and O–H groups in total. The van der Waals surface area contributed by atoms with E-state index < -0.39 is 0 Å². The average molecular weight is 381 g/mol. The van der Waals surface area contributed by atoms with E-state index >= 15 is 0 Å². The van der Waals surface area contributed by atoms with Crippen LogP contribution >= 0.6 is 15.9 Å². The number of amides is 1. The summed E-state index contributed by atoms with van der Waals surface area (Å²) in [6.07, 6.45) is 1.54. The predicted molar refractivity (Wildman–Crippen MR) is 97.4 cm³/mol. The number of likely N-dealkylation sites (tertiary alicyclic amines) is 1. The molecule has 1 aromatic carbocycles. The molecule has 0 aromatic heterocycles. The van der Waals surface area contributed by atoms with E-state index in [1.165, 1.54) is 5.56 Å². The van der Waals surface area contributed by atoms with Crippen molar-refractivity contribution in [2.75, 3.05) is 19.6 Å². The smallest absolute Gasteiger partial charge is 0.222 e. The Morgan fingerprint density at radius 1 is 1.35 bits per heavy atom. The molecule has 6 heteroatoms. The number of nitrogens with zero attached hydrogens (tertiary/aromatic N) is 2. The monoisotopic (exact) mass is 380 g/mol. The number of halogens is 1. The molecule has 0 aliphatic carbocycles. The number of hydrogen-bond acceptors (Lipinski definition) is 2. The van der Waals surface area contributed by atoms with Gasteiger partial charge in [0.1, 0.15) is 0 Å². The summed E-state index contributed by atoms with van der Waals surface area (Å²) in [6, 6.07) is 8.45. The zero-order valence-corrected chi connectivity index (χ0v) is 15.4. The van der Waals surface area contributed by atoms with Crippen molar-refractivity contribution >= 4 is 27.8 Å². The Hall–Kier alpha value is -1.56. The second-order valence-corrected chi connectivity index (χ2v) is 6.56. The zero-order valence-electron chi connectivity index (χ0n) is 13.8. The van der Waals surface area contributed by atoms with Crippen LogP contribution in [0.15, 0.2) is 33.7 Å². The Kier molecular flexibility index (Phi) is 6.89. The molecule has 1 saturated heterocycles. The standard InChI is InChI=1S/C17H25BrN4O/c1-3-16(23)22-10-9-15(12-22)21-17(19-4-2)20-11-13-5-7-14(18)8-6-13/h5-8,15H,3-4,9-12H2,1-2H3,(H2,19,20,21). The van der Waals surface area contributed by atoms with E-state index in [4.69, 9.17) is 0 Å². The highest BCUT2D eigenvalue weighted by molar-refractivity contribution is 9.10. The number of rotatable bonds is 5. The van der Waals surface area contributed by atoms with Crippen LogP contribution in [0.2, 0.25) is 0 Å². The molecular formula is C17H25BrN4O. The Bertz CT molecular complexity index is 544. The lowest BCUT2D eigenvalue weighted by Crippen LogP contribution is -2.45. The van der Waals surface area contributed by atoms with Crippen LogP contribution in [0.5, 0.6) is 0 Å². The first-order valence-corrected chi connectivity index (χ1v) is 8.98. The van der Waals surface area contributed by atoms with Crippen LogP contribution in [0.4, 0.5) is 0 Å². The van der Waals surface area contributed by atoms with Gasteiger partial charge >= 0.3 is 0 Å². The van der Waals surface area contributed by atoms with Crippen LogP contribution < -0.4 is 10.6 Å². The van der Waals surface area contributed by atoms with Gasteiger partial charge in [-0.25, -0.2) is 4.99 Å². The van der Waals surface area contributed by atoms with Gasteiger partial charge in [0.15, 0.2) is 5.96 Å². The molecule has 1 heterocycles. The summed E-state index contributed by atoms with van der Waals surface area (Å²) in [5.74, 6) is 1.04. The Morgan fingerprint density at radius 3 is 2.74 bits per heavy atom.